The first-order chi connectivity index (χ1) is 12.1. The molecule has 0 bridgehead atoms. The zero-order valence-electron chi connectivity index (χ0n) is 14.9. The molecule has 1 saturated heterocycles. The fourth-order valence-electron chi connectivity index (χ4n) is 3.62. The van der Waals surface area contributed by atoms with E-state index >= 15 is 0 Å². The Morgan fingerprint density at radius 3 is 2.36 bits per heavy atom. The zero-order valence-corrected chi connectivity index (χ0v) is 14.9. The number of nitrogens with zero attached hydrogens (tertiary/aromatic N) is 3. The molecule has 5 heteroatoms. The van der Waals surface area contributed by atoms with E-state index in [-0.39, 0.29) is 11.2 Å². The second-order valence-electron chi connectivity index (χ2n) is 6.72. The molecule has 0 amide bonds. The molecule has 3 rings (SSSR count). The summed E-state index contributed by atoms with van der Waals surface area (Å²) < 4.78 is 5.04. The van der Waals surface area contributed by atoms with Gasteiger partial charge in [0.05, 0.1) is 5.41 Å². The van der Waals surface area contributed by atoms with Gasteiger partial charge in [0.1, 0.15) is 12.4 Å². The van der Waals surface area contributed by atoms with E-state index in [1.54, 1.807) is 14.0 Å². The third-order valence-corrected chi connectivity index (χ3v) is 5.15. The molecule has 5 nitrogen and oxygen atoms in total. The van der Waals surface area contributed by atoms with Crippen LogP contribution in [0.3, 0.4) is 0 Å². The molecule has 25 heavy (non-hydrogen) atoms. The summed E-state index contributed by atoms with van der Waals surface area (Å²) in [7, 11) is 1.64. The highest BCUT2D eigenvalue weighted by Gasteiger charge is 2.40. The van der Waals surface area contributed by atoms with Crippen molar-refractivity contribution < 1.29 is 9.53 Å². The minimum atomic E-state index is -0.337. The van der Waals surface area contributed by atoms with Crippen molar-refractivity contribution in [3.05, 3.63) is 59.7 Å². The highest BCUT2D eigenvalue weighted by molar-refractivity contribution is 5.88. The molecule has 1 fully saturated rings. The van der Waals surface area contributed by atoms with Crippen LogP contribution >= 0.6 is 0 Å². The van der Waals surface area contributed by atoms with Gasteiger partial charge < -0.3 is 4.74 Å². The molecule has 0 saturated carbocycles. The third-order valence-electron chi connectivity index (χ3n) is 5.15. The number of methoxy groups -OCH3 is 1. The van der Waals surface area contributed by atoms with Crippen molar-refractivity contribution in [3.8, 4) is 0 Å². The SMILES string of the molecule is COCc1ncc(CN2CCC(C(C)=O)(c3ccccc3)CC2)cn1. The molecule has 0 spiro atoms. The summed E-state index contributed by atoms with van der Waals surface area (Å²) in [6.45, 7) is 4.77. The van der Waals surface area contributed by atoms with Crippen molar-refractivity contribution in [2.24, 2.45) is 0 Å². The standard InChI is InChI=1S/C20H25N3O2/c1-16(24)20(18-6-4-3-5-7-18)8-10-23(11-9-20)14-17-12-21-19(15-25-2)22-13-17/h3-7,12-13H,8-11,14-15H2,1-2H3. The lowest BCUT2D eigenvalue weighted by molar-refractivity contribution is -0.124. The highest BCUT2D eigenvalue weighted by atomic mass is 16.5. The quantitative estimate of drug-likeness (QED) is 0.810. The molecule has 2 heterocycles. The Balaban J connectivity index is 1.65. The lowest BCUT2D eigenvalue weighted by Gasteiger charge is -2.40. The number of Topliss-reactive ketones (excluding diaryl/α,β-unsaturated/α-hetero) is 1. The monoisotopic (exact) mass is 339 g/mol. The Morgan fingerprint density at radius 1 is 1.16 bits per heavy atom. The van der Waals surface area contributed by atoms with Crippen LogP contribution in [-0.4, -0.2) is 40.9 Å². The molecule has 0 atom stereocenters. The zero-order chi connectivity index (χ0) is 17.7. The van der Waals surface area contributed by atoms with Gasteiger partial charge in [0.15, 0.2) is 5.82 Å². The van der Waals surface area contributed by atoms with Crippen molar-refractivity contribution in [3.63, 3.8) is 0 Å². The summed E-state index contributed by atoms with van der Waals surface area (Å²) in [5, 5.41) is 0. The summed E-state index contributed by atoms with van der Waals surface area (Å²) in [5.74, 6) is 0.968. The van der Waals surface area contributed by atoms with E-state index in [1.807, 2.05) is 30.6 Å². The van der Waals surface area contributed by atoms with E-state index < -0.39 is 0 Å². The van der Waals surface area contributed by atoms with Gasteiger partial charge in [-0.25, -0.2) is 9.97 Å². The summed E-state index contributed by atoms with van der Waals surface area (Å²) in [6.07, 6.45) is 5.45. The van der Waals surface area contributed by atoms with E-state index in [1.165, 1.54) is 0 Å². The van der Waals surface area contributed by atoms with Crippen molar-refractivity contribution in [2.45, 2.75) is 38.3 Å². The van der Waals surface area contributed by atoms with Gasteiger partial charge in [-0.05, 0) is 38.4 Å². The number of hydrogen-bond acceptors (Lipinski definition) is 5. The minimum Gasteiger partial charge on any atom is -0.377 e. The predicted octanol–water partition coefficient (Wildman–Crippen LogP) is 2.75. The molecule has 2 aromatic rings. The maximum absolute atomic E-state index is 12.4. The number of carbonyl (C=O) groups is 1. The number of likely N-dealkylation sites (tertiary alicyclic amines) is 1. The number of carbonyl (C=O) groups excluding carboxylic acids is 1. The smallest absolute Gasteiger partial charge is 0.153 e. The third kappa shape index (κ3) is 3.94. The van der Waals surface area contributed by atoms with Crippen molar-refractivity contribution in [1.82, 2.24) is 14.9 Å². The molecule has 1 aliphatic heterocycles. The van der Waals surface area contributed by atoms with Crippen LogP contribution in [-0.2, 0) is 28.1 Å². The average Bonchev–Trinajstić information content (AvgIpc) is 2.65. The van der Waals surface area contributed by atoms with Crippen LogP contribution in [0, 0.1) is 0 Å². The fourth-order valence-corrected chi connectivity index (χ4v) is 3.62. The lowest BCUT2D eigenvalue weighted by atomic mass is 9.70. The minimum absolute atomic E-state index is 0.269. The highest BCUT2D eigenvalue weighted by Crippen LogP contribution is 2.36. The van der Waals surface area contributed by atoms with E-state index in [4.69, 9.17) is 4.74 Å². The van der Waals surface area contributed by atoms with Crippen LogP contribution in [0.1, 0.15) is 36.7 Å². The Bertz CT molecular complexity index is 693. The van der Waals surface area contributed by atoms with Crippen LogP contribution < -0.4 is 0 Å². The molecule has 132 valence electrons. The first-order valence-corrected chi connectivity index (χ1v) is 8.72. The molecule has 0 aliphatic carbocycles. The Labute approximate surface area is 149 Å². The molecule has 0 radical (unpaired) electrons. The van der Waals surface area contributed by atoms with Crippen molar-refractivity contribution in [1.29, 1.82) is 0 Å². The van der Waals surface area contributed by atoms with Gasteiger partial charge in [0.2, 0.25) is 0 Å². The molecular formula is C20H25N3O2. The van der Waals surface area contributed by atoms with Crippen LogP contribution in [0.25, 0.3) is 0 Å². The van der Waals surface area contributed by atoms with Gasteiger partial charge in [0, 0.05) is 31.6 Å². The van der Waals surface area contributed by atoms with Gasteiger partial charge in [-0.1, -0.05) is 30.3 Å². The van der Waals surface area contributed by atoms with Crippen LogP contribution in [0.2, 0.25) is 0 Å². The predicted molar refractivity (Wildman–Crippen MR) is 96.1 cm³/mol. The number of aromatic nitrogens is 2. The van der Waals surface area contributed by atoms with Crippen LogP contribution in [0.5, 0.6) is 0 Å². The molecule has 1 aromatic heterocycles. The Kier molecular flexibility index (Phi) is 5.56. The summed E-state index contributed by atoms with van der Waals surface area (Å²) >= 11 is 0. The summed E-state index contributed by atoms with van der Waals surface area (Å²) in [6, 6.07) is 10.2. The molecule has 0 N–H and O–H groups in total. The maximum Gasteiger partial charge on any atom is 0.153 e. The molecular weight excluding hydrogens is 314 g/mol. The van der Waals surface area contributed by atoms with Crippen LogP contribution in [0.15, 0.2) is 42.7 Å². The normalized spacial score (nSPS) is 17.4. The van der Waals surface area contributed by atoms with E-state index in [9.17, 15) is 4.79 Å². The number of ether oxygens (including phenoxy) is 1. The number of piperidine rings is 1. The average molecular weight is 339 g/mol. The first-order valence-electron chi connectivity index (χ1n) is 8.72. The largest absolute Gasteiger partial charge is 0.377 e. The summed E-state index contributed by atoms with van der Waals surface area (Å²) in [5.41, 5.74) is 1.90. The van der Waals surface area contributed by atoms with Crippen molar-refractivity contribution >= 4 is 5.78 Å². The fraction of sp³-hybridized carbons (Fsp3) is 0.450. The topological polar surface area (TPSA) is 55.3 Å². The first kappa shape index (κ1) is 17.7. The lowest BCUT2D eigenvalue weighted by Crippen LogP contribution is -2.46. The van der Waals surface area contributed by atoms with Gasteiger partial charge in [-0.15, -0.1) is 0 Å². The summed E-state index contributed by atoms with van der Waals surface area (Å²) in [4.78, 5) is 23.5. The van der Waals surface area contributed by atoms with E-state index in [0.29, 0.717) is 12.4 Å². The number of hydrogen-bond donors (Lipinski definition) is 0. The van der Waals surface area contributed by atoms with Gasteiger partial charge in [0.25, 0.3) is 0 Å². The molecule has 0 unspecified atom stereocenters. The Hall–Kier alpha value is -2.11. The second kappa shape index (κ2) is 7.85. The molecule has 1 aliphatic rings. The van der Waals surface area contributed by atoms with Crippen LogP contribution in [0.4, 0.5) is 0 Å². The number of ketones is 1. The van der Waals surface area contributed by atoms with Crippen molar-refractivity contribution in [2.75, 3.05) is 20.2 Å². The number of rotatable bonds is 6. The second-order valence-corrected chi connectivity index (χ2v) is 6.72. The van der Waals surface area contributed by atoms with Gasteiger partial charge >= 0.3 is 0 Å². The number of benzene rings is 1. The van der Waals surface area contributed by atoms with Gasteiger partial charge in [-0.2, -0.15) is 0 Å². The van der Waals surface area contributed by atoms with E-state index in [0.717, 1.165) is 43.6 Å². The molecule has 1 aromatic carbocycles. The van der Waals surface area contributed by atoms with Gasteiger partial charge in [-0.3, -0.25) is 9.69 Å². The van der Waals surface area contributed by atoms with E-state index in [2.05, 4.69) is 27.0 Å². The Morgan fingerprint density at radius 2 is 1.80 bits per heavy atom. The maximum atomic E-state index is 12.4.